The van der Waals surface area contributed by atoms with Crippen LogP contribution in [-0.2, 0) is 25.8 Å². The van der Waals surface area contributed by atoms with Crippen molar-refractivity contribution in [2.75, 3.05) is 11.6 Å². The fraction of sp³-hybridized carbons (Fsp3) is 0.158. The van der Waals surface area contributed by atoms with Gasteiger partial charge in [-0.1, -0.05) is 36.4 Å². The number of benzene rings is 2. The minimum atomic E-state index is -3.25. The van der Waals surface area contributed by atoms with Crippen molar-refractivity contribution in [2.24, 2.45) is 0 Å². The fourth-order valence-electron chi connectivity index (χ4n) is 2.49. The number of hydrogen-bond donors (Lipinski definition) is 3. The lowest BCUT2D eigenvalue weighted by molar-refractivity contribution is -0.123. The van der Waals surface area contributed by atoms with Crippen LogP contribution in [0.25, 0.3) is 11.4 Å². The summed E-state index contributed by atoms with van der Waals surface area (Å²) < 4.78 is 22.9. The van der Waals surface area contributed by atoms with Gasteiger partial charge in [0.15, 0.2) is 15.7 Å². The van der Waals surface area contributed by atoms with E-state index >= 15 is 0 Å². The van der Waals surface area contributed by atoms with E-state index in [9.17, 15) is 13.2 Å². The van der Waals surface area contributed by atoms with E-state index in [0.717, 1.165) is 17.4 Å². The molecule has 0 bridgehead atoms. The highest BCUT2D eigenvalue weighted by Crippen LogP contribution is 2.20. The number of aromatic nitrogens is 3. The minimum Gasteiger partial charge on any atom is -0.483 e. The molecule has 29 heavy (non-hydrogen) atoms. The number of H-pyrrole nitrogens is 1. The Labute approximate surface area is 167 Å². The topological polar surface area (TPSA) is 142 Å². The quantitative estimate of drug-likeness (QED) is 0.540. The first-order valence-electron chi connectivity index (χ1n) is 8.39. The number of carbonyl (C=O) groups excluding carboxylic acids is 1. The highest BCUT2D eigenvalue weighted by atomic mass is 32.2. The SMILES string of the molecule is Cc1ccccc1-c1nc(NC(=O)Cc2ccc(S(C)(=O)=O)cc2)n[nH]1.O=CO. The molecule has 0 fully saturated rings. The molecule has 10 heteroatoms. The lowest BCUT2D eigenvalue weighted by Gasteiger charge is -2.03. The second kappa shape index (κ2) is 9.60. The monoisotopic (exact) mass is 416 g/mol. The molecule has 0 spiro atoms. The third-order valence-corrected chi connectivity index (χ3v) is 4.98. The maximum atomic E-state index is 12.2. The molecule has 3 N–H and O–H groups in total. The summed E-state index contributed by atoms with van der Waals surface area (Å²) in [5.74, 6) is 0.490. The smallest absolute Gasteiger partial charge is 0.290 e. The van der Waals surface area contributed by atoms with Gasteiger partial charge in [0.2, 0.25) is 11.9 Å². The van der Waals surface area contributed by atoms with Gasteiger partial charge in [0.25, 0.3) is 6.47 Å². The van der Waals surface area contributed by atoms with Crippen molar-refractivity contribution in [3.63, 3.8) is 0 Å². The average molecular weight is 416 g/mol. The van der Waals surface area contributed by atoms with Gasteiger partial charge in [-0.3, -0.25) is 20.0 Å². The maximum absolute atomic E-state index is 12.2. The predicted octanol–water partition coefficient (Wildman–Crippen LogP) is 2.07. The van der Waals surface area contributed by atoms with E-state index in [-0.39, 0.29) is 29.6 Å². The zero-order valence-corrected chi connectivity index (χ0v) is 16.6. The van der Waals surface area contributed by atoms with Crippen molar-refractivity contribution >= 4 is 28.2 Å². The molecular weight excluding hydrogens is 396 g/mol. The molecule has 0 aliphatic carbocycles. The largest absolute Gasteiger partial charge is 0.483 e. The fourth-order valence-corrected chi connectivity index (χ4v) is 3.12. The Kier molecular flexibility index (Phi) is 7.21. The van der Waals surface area contributed by atoms with Crippen LogP contribution >= 0.6 is 0 Å². The number of amides is 1. The van der Waals surface area contributed by atoms with E-state index in [0.29, 0.717) is 11.4 Å². The van der Waals surface area contributed by atoms with Crippen LogP contribution in [0.4, 0.5) is 5.95 Å². The summed E-state index contributed by atoms with van der Waals surface area (Å²) in [6.45, 7) is 1.72. The molecule has 2 aromatic carbocycles. The van der Waals surface area contributed by atoms with Gasteiger partial charge in [0.1, 0.15) is 0 Å². The molecule has 3 aromatic rings. The van der Waals surface area contributed by atoms with Gasteiger partial charge in [-0.25, -0.2) is 8.42 Å². The van der Waals surface area contributed by atoms with Gasteiger partial charge < -0.3 is 5.11 Å². The number of aromatic amines is 1. The Balaban J connectivity index is 0.000000941. The Morgan fingerprint density at radius 2 is 1.79 bits per heavy atom. The molecule has 0 aliphatic rings. The summed E-state index contributed by atoms with van der Waals surface area (Å²) in [4.78, 5) is 25.0. The van der Waals surface area contributed by atoms with Gasteiger partial charge in [-0.15, -0.1) is 5.10 Å². The number of nitrogens with one attached hydrogen (secondary N) is 2. The third kappa shape index (κ3) is 6.25. The lowest BCUT2D eigenvalue weighted by Crippen LogP contribution is -2.15. The Hall–Kier alpha value is -3.53. The molecule has 152 valence electrons. The van der Waals surface area contributed by atoms with Crippen molar-refractivity contribution in [1.29, 1.82) is 0 Å². The van der Waals surface area contributed by atoms with Crippen LogP contribution in [0.5, 0.6) is 0 Å². The minimum absolute atomic E-state index is 0.0955. The van der Waals surface area contributed by atoms with Gasteiger partial charge in [-0.05, 0) is 30.2 Å². The summed E-state index contributed by atoms with van der Waals surface area (Å²) in [7, 11) is -3.25. The molecule has 0 saturated heterocycles. The molecule has 1 heterocycles. The van der Waals surface area contributed by atoms with Crippen LogP contribution in [0.3, 0.4) is 0 Å². The summed E-state index contributed by atoms with van der Waals surface area (Å²) in [5, 5.41) is 16.4. The van der Waals surface area contributed by atoms with Crippen molar-refractivity contribution in [2.45, 2.75) is 18.2 Å². The number of aryl methyl sites for hydroxylation is 1. The van der Waals surface area contributed by atoms with E-state index in [1.54, 1.807) is 12.1 Å². The van der Waals surface area contributed by atoms with Crippen LogP contribution in [0, 0.1) is 6.92 Å². The number of carbonyl (C=O) groups is 2. The second-order valence-electron chi connectivity index (χ2n) is 6.07. The standard InChI is InChI=1S/C18H18N4O3S.CH2O2/c1-12-5-3-4-6-15(12)17-20-18(22-21-17)19-16(23)11-13-7-9-14(10-8-13)26(2,24)25;2-1-3/h3-10H,11H2,1-2H3,(H2,19,20,21,22,23);1H,(H,2,3). The maximum Gasteiger partial charge on any atom is 0.290 e. The van der Waals surface area contributed by atoms with Gasteiger partial charge >= 0.3 is 0 Å². The highest BCUT2D eigenvalue weighted by Gasteiger charge is 2.12. The first-order valence-corrected chi connectivity index (χ1v) is 10.3. The average Bonchev–Trinajstić information content (AvgIpc) is 3.10. The van der Waals surface area contributed by atoms with Crippen LogP contribution in [0.15, 0.2) is 53.4 Å². The summed E-state index contributed by atoms with van der Waals surface area (Å²) in [6, 6.07) is 13.9. The number of nitrogens with zero attached hydrogens (tertiary/aromatic N) is 2. The van der Waals surface area contributed by atoms with Crippen LogP contribution in [0.1, 0.15) is 11.1 Å². The van der Waals surface area contributed by atoms with E-state index in [1.165, 1.54) is 12.1 Å². The molecular formula is C19H20N4O5S. The van der Waals surface area contributed by atoms with Crippen LogP contribution < -0.4 is 5.32 Å². The van der Waals surface area contributed by atoms with Crippen molar-refractivity contribution in [3.05, 3.63) is 59.7 Å². The summed E-state index contributed by atoms with van der Waals surface area (Å²) in [6.07, 6.45) is 1.24. The Morgan fingerprint density at radius 3 is 2.38 bits per heavy atom. The van der Waals surface area contributed by atoms with Crippen molar-refractivity contribution in [3.8, 4) is 11.4 Å². The summed E-state index contributed by atoms with van der Waals surface area (Å²) >= 11 is 0. The van der Waals surface area contributed by atoms with E-state index < -0.39 is 9.84 Å². The zero-order chi connectivity index (χ0) is 21.4. The van der Waals surface area contributed by atoms with Crippen molar-refractivity contribution < 1.29 is 23.1 Å². The number of anilines is 1. The molecule has 1 amide bonds. The number of carboxylic acid groups (broad SMARTS) is 1. The third-order valence-electron chi connectivity index (χ3n) is 3.85. The zero-order valence-electron chi connectivity index (χ0n) is 15.8. The van der Waals surface area contributed by atoms with Gasteiger partial charge in [0.05, 0.1) is 11.3 Å². The Morgan fingerprint density at radius 1 is 1.17 bits per heavy atom. The van der Waals surface area contributed by atoms with Crippen molar-refractivity contribution in [1.82, 2.24) is 15.2 Å². The first-order chi connectivity index (χ1) is 13.7. The molecule has 0 atom stereocenters. The van der Waals surface area contributed by atoms with Gasteiger partial charge in [-0.2, -0.15) is 4.98 Å². The molecule has 0 unspecified atom stereocenters. The summed E-state index contributed by atoms with van der Waals surface area (Å²) in [5.41, 5.74) is 2.66. The first kappa shape index (κ1) is 21.8. The lowest BCUT2D eigenvalue weighted by atomic mass is 10.1. The molecule has 0 saturated carbocycles. The number of sulfone groups is 1. The Bertz CT molecular complexity index is 1090. The predicted molar refractivity (Wildman–Crippen MR) is 107 cm³/mol. The van der Waals surface area contributed by atoms with Gasteiger partial charge in [0, 0.05) is 11.8 Å². The second-order valence-corrected chi connectivity index (χ2v) is 8.08. The van der Waals surface area contributed by atoms with E-state index in [2.05, 4.69) is 20.5 Å². The molecule has 1 aromatic heterocycles. The molecule has 0 radical (unpaired) electrons. The molecule has 0 aliphatic heterocycles. The van der Waals surface area contributed by atoms with E-state index in [4.69, 9.17) is 9.90 Å². The highest BCUT2D eigenvalue weighted by molar-refractivity contribution is 7.90. The van der Waals surface area contributed by atoms with Crippen LogP contribution in [0.2, 0.25) is 0 Å². The number of rotatable bonds is 5. The number of hydrogen-bond acceptors (Lipinski definition) is 6. The van der Waals surface area contributed by atoms with E-state index in [1.807, 2.05) is 31.2 Å². The molecule has 9 nitrogen and oxygen atoms in total. The molecule has 3 rings (SSSR count). The van der Waals surface area contributed by atoms with Crippen LogP contribution in [-0.4, -0.2) is 47.3 Å². The normalized spacial score (nSPS) is 10.6.